The number of hydrogen-bond donors (Lipinski definition) is 3. The van der Waals surface area contributed by atoms with Gasteiger partial charge in [0.05, 0.1) is 10.6 Å². The van der Waals surface area contributed by atoms with E-state index in [1.165, 1.54) is 6.07 Å². The van der Waals surface area contributed by atoms with Crippen molar-refractivity contribution in [3.63, 3.8) is 0 Å². The minimum atomic E-state index is -0.324. The van der Waals surface area contributed by atoms with E-state index >= 15 is 0 Å². The fourth-order valence-corrected chi connectivity index (χ4v) is 1.74. The molecule has 0 aromatic heterocycles. The zero-order valence-corrected chi connectivity index (χ0v) is 10.7. The molecule has 0 aliphatic carbocycles. The van der Waals surface area contributed by atoms with E-state index in [2.05, 4.69) is 5.32 Å². The number of hydrogen-bond acceptors (Lipinski definition) is 3. The van der Waals surface area contributed by atoms with Gasteiger partial charge in [0.15, 0.2) is 0 Å². The fourth-order valence-electron chi connectivity index (χ4n) is 1.49. The Balaban J connectivity index is 2.76. The molecule has 0 saturated carbocycles. The molecule has 1 aromatic carbocycles. The molecule has 1 amide bonds. The number of thiocarbonyl (C=S) groups is 1. The summed E-state index contributed by atoms with van der Waals surface area (Å²) < 4.78 is 0. The van der Waals surface area contributed by atoms with E-state index in [0.29, 0.717) is 11.4 Å². The Morgan fingerprint density at radius 2 is 2.24 bits per heavy atom. The molecule has 0 aliphatic rings. The smallest absolute Gasteiger partial charge is 0.255 e. The molecular formula is C12H16N2O2S. The first-order valence-electron chi connectivity index (χ1n) is 5.29. The summed E-state index contributed by atoms with van der Waals surface area (Å²) in [7, 11) is 0. The monoisotopic (exact) mass is 252 g/mol. The van der Waals surface area contributed by atoms with Crippen LogP contribution in [0.15, 0.2) is 18.2 Å². The second kappa shape index (κ2) is 5.63. The van der Waals surface area contributed by atoms with E-state index in [0.717, 1.165) is 5.56 Å². The van der Waals surface area contributed by atoms with E-state index in [-0.39, 0.29) is 23.3 Å². The molecule has 5 heteroatoms. The van der Waals surface area contributed by atoms with Crippen molar-refractivity contribution in [2.75, 3.05) is 0 Å². The molecule has 0 saturated heterocycles. The van der Waals surface area contributed by atoms with Gasteiger partial charge in [-0.2, -0.15) is 0 Å². The predicted octanol–water partition coefficient (Wildman–Crippen LogP) is 1.50. The fraction of sp³-hybridized carbons (Fsp3) is 0.333. The molecule has 92 valence electrons. The third-order valence-electron chi connectivity index (χ3n) is 2.28. The van der Waals surface area contributed by atoms with Crippen molar-refractivity contribution in [1.82, 2.24) is 5.32 Å². The van der Waals surface area contributed by atoms with Crippen LogP contribution in [-0.2, 0) is 0 Å². The predicted molar refractivity (Wildman–Crippen MR) is 71.2 cm³/mol. The number of phenolic OH excluding ortho intramolecular Hbond substituents is 1. The number of aromatic hydroxyl groups is 1. The summed E-state index contributed by atoms with van der Waals surface area (Å²) in [5.41, 5.74) is 6.57. The van der Waals surface area contributed by atoms with Crippen molar-refractivity contribution in [2.24, 2.45) is 5.73 Å². The summed E-state index contributed by atoms with van der Waals surface area (Å²) in [5, 5.41) is 12.3. The Hall–Kier alpha value is -1.62. The minimum absolute atomic E-state index is 0.0318. The average molecular weight is 252 g/mol. The van der Waals surface area contributed by atoms with Crippen LogP contribution < -0.4 is 11.1 Å². The Bertz CT molecular complexity index is 446. The van der Waals surface area contributed by atoms with Crippen LogP contribution in [0.3, 0.4) is 0 Å². The highest BCUT2D eigenvalue weighted by Crippen LogP contribution is 2.18. The second-order valence-corrected chi connectivity index (χ2v) is 4.59. The molecule has 0 aliphatic heterocycles. The van der Waals surface area contributed by atoms with Gasteiger partial charge in [-0.3, -0.25) is 4.79 Å². The van der Waals surface area contributed by atoms with Crippen molar-refractivity contribution in [1.29, 1.82) is 0 Å². The lowest BCUT2D eigenvalue weighted by atomic mass is 10.1. The summed E-state index contributed by atoms with van der Waals surface area (Å²) in [6, 6.07) is 4.73. The number of carbonyl (C=O) groups excluding carboxylic acids is 1. The number of amides is 1. The van der Waals surface area contributed by atoms with Gasteiger partial charge in [-0.1, -0.05) is 23.8 Å². The Morgan fingerprint density at radius 3 is 2.82 bits per heavy atom. The van der Waals surface area contributed by atoms with Crippen molar-refractivity contribution in [3.8, 4) is 5.75 Å². The third kappa shape index (κ3) is 4.03. The molecule has 4 N–H and O–H groups in total. The summed E-state index contributed by atoms with van der Waals surface area (Å²) in [4.78, 5) is 12.2. The number of carbonyl (C=O) groups is 1. The summed E-state index contributed by atoms with van der Waals surface area (Å²) in [6.45, 7) is 3.67. The maximum absolute atomic E-state index is 11.9. The highest BCUT2D eigenvalue weighted by atomic mass is 32.1. The van der Waals surface area contributed by atoms with Gasteiger partial charge in [-0.25, -0.2) is 0 Å². The number of nitrogens with two attached hydrogens (primary N) is 1. The summed E-state index contributed by atoms with van der Waals surface area (Å²) >= 11 is 4.76. The van der Waals surface area contributed by atoms with E-state index in [9.17, 15) is 9.90 Å². The molecule has 1 aromatic rings. The maximum atomic E-state index is 11.9. The van der Waals surface area contributed by atoms with Crippen LogP contribution in [0.1, 0.15) is 29.3 Å². The lowest BCUT2D eigenvalue weighted by Crippen LogP contribution is -2.35. The Kier molecular flexibility index (Phi) is 4.45. The molecule has 1 atom stereocenters. The number of aryl methyl sites for hydroxylation is 1. The van der Waals surface area contributed by atoms with E-state index < -0.39 is 0 Å². The zero-order chi connectivity index (χ0) is 13.0. The molecule has 4 nitrogen and oxygen atoms in total. The van der Waals surface area contributed by atoms with Crippen LogP contribution in [0.2, 0.25) is 0 Å². The van der Waals surface area contributed by atoms with Crippen LogP contribution in [0.4, 0.5) is 0 Å². The van der Waals surface area contributed by atoms with Crippen LogP contribution in [-0.4, -0.2) is 22.0 Å². The molecule has 1 unspecified atom stereocenters. The van der Waals surface area contributed by atoms with Crippen molar-refractivity contribution >= 4 is 23.1 Å². The van der Waals surface area contributed by atoms with Crippen molar-refractivity contribution < 1.29 is 9.90 Å². The van der Waals surface area contributed by atoms with Crippen LogP contribution >= 0.6 is 12.2 Å². The Morgan fingerprint density at radius 1 is 1.59 bits per heavy atom. The average Bonchev–Trinajstić information content (AvgIpc) is 2.20. The Labute approximate surface area is 106 Å². The lowest BCUT2D eigenvalue weighted by molar-refractivity contribution is 0.0938. The van der Waals surface area contributed by atoms with Crippen molar-refractivity contribution in [3.05, 3.63) is 29.3 Å². The molecule has 0 bridgehead atoms. The first-order chi connectivity index (χ1) is 7.90. The van der Waals surface area contributed by atoms with Gasteiger partial charge in [-0.05, 0) is 26.0 Å². The van der Waals surface area contributed by atoms with Gasteiger partial charge in [0.25, 0.3) is 5.91 Å². The highest BCUT2D eigenvalue weighted by Gasteiger charge is 2.14. The second-order valence-electron chi connectivity index (χ2n) is 4.07. The van der Waals surface area contributed by atoms with Crippen molar-refractivity contribution in [2.45, 2.75) is 26.3 Å². The largest absolute Gasteiger partial charge is 0.507 e. The van der Waals surface area contributed by atoms with Gasteiger partial charge in [-0.15, -0.1) is 0 Å². The van der Waals surface area contributed by atoms with Gasteiger partial charge < -0.3 is 16.2 Å². The number of phenols is 1. The zero-order valence-electron chi connectivity index (χ0n) is 9.86. The standard InChI is InChI=1S/C12H16N2O2S/c1-7-3-4-10(15)9(5-7)12(16)14-8(2)6-11(13)17/h3-5,8,15H,6H2,1-2H3,(H2,13,17)(H,14,16). The van der Waals surface area contributed by atoms with Gasteiger partial charge in [0.2, 0.25) is 0 Å². The molecule has 0 spiro atoms. The minimum Gasteiger partial charge on any atom is -0.507 e. The maximum Gasteiger partial charge on any atom is 0.255 e. The normalized spacial score (nSPS) is 11.9. The topological polar surface area (TPSA) is 75.3 Å². The quantitative estimate of drug-likeness (QED) is 0.710. The summed E-state index contributed by atoms with van der Waals surface area (Å²) in [5.74, 6) is -0.356. The first-order valence-corrected chi connectivity index (χ1v) is 5.69. The van der Waals surface area contributed by atoms with E-state index in [1.807, 2.05) is 13.8 Å². The number of nitrogens with one attached hydrogen (secondary N) is 1. The van der Waals surface area contributed by atoms with E-state index in [1.54, 1.807) is 12.1 Å². The molecule has 1 rings (SSSR count). The summed E-state index contributed by atoms with van der Waals surface area (Å²) in [6.07, 6.45) is 0.438. The van der Waals surface area contributed by atoms with Gasteiger partial charge in [0.1, 0.15) is 5.75 Å². The first kappa shape index (κ1) is 13.4. The SMILES string of the molecule is Cc1ccc(O)c(C(=O)NC(C)CC(N)=S)c1. The van der Waals surface area contributed by atoms with Crippen LogP contribution in [0.5, 0.6) is 5.75 Å². The lowest BCUT2D eigenvalue weighted by Gasteiger charge is -2.13. The van der Waals surface area contributed by atoms with Gasteiger partial charge >= 0.3 is 0 Å². The van der Waals surface area contributed by atoms with Crippen LogP contribution in [0.25, 0.3) is 0 Å². The van der Waals surface area contributed by atoms with Gasteiger partial charge in [0, 0.05) is 12.5 Å². The van der Waals surface area contributed by atoms with E-state index in [4.69, 9.17) is 18.0 Å². The third-order valence-corrected chi connectivity index (χ3v) is 2.45. The van der Waals surface area contributed by atoms with Crippen LogP contribution in [0, 0.1) is 6.92 Å². The number of rotatable bonds is 4. The number of benzene rings is 1. The highest BCUT2D eigenvalue weighted by molar-refractivity contribution is 7.80. The molecule has 0 radical (unpaired) electrons. The molecule has 17 heavy (non-hydrogen) atoms. The molecular weight excluding hydrogens is 236 g/mol. The molecule has 0 heterocycles. The molecule has 0 fully saturated rings.